The minimum absolute atomic E-state index is 0.0414. The maximum Gasteiger partial charge on any atom is 0.317 e. The van der Waals surface area contributed by atoms with E-state index in [0.29, 0.717) is 12.5 Å². The fourth-order valence-corrected chi connectivity index (χ4v) is 4.33. The largest absolute Gasteiger partial charge is 0.361 e. The zero-order chi connectivity index (χ0) is 17.1. The molecular weight excluding hydrogens is 322 g/mol. The standard InChI is InChI=1S/C18H25N3O2S/c1-12-15(13(2)23-20-12)11-21(3)18(22)19-17(14-7-4-5-8-14)16-9-6-10-24-16/h6,9-10,14,17H,4-5,7-8,11H2,1-3H3,(H,19,22)/t17-/m1/s1. The predicted octanol–water partition coefficient (Wildman–Crippen LogP) is 4.43. The number of aromatic nitrogens is 1. The number of amides is 2. The number of carbonyl (C=O) groups is 1. The van der Waals surface area contributed by atoms with E-state index in [4.69, 9.17) is 4.52 Å². The Morgan fingerprint density at radius 3 is 2.79 bits per heavy atom. The van der Waals surface area contributed by atoms with Crippen LogP contribution in [0.5, 0.6) is 0 Å². The van der Waals surface area contributed by atoms with Crippen LogP contribution in [0.4, 0.5) is 4.79 Å². The van der Waals surface area contributed by atoms with Crippen LogP contribution in [0.3, 0.4) is 0 Å². The summed E-state index contributed by atoms with van der Waals surface area (Å²) < 4.78 is 5.19. The first-order valence-electron chi connectivity index (χ1n) is 8.53. The number of aryl methyl sites for hydroxylation is 2. The van der Waals surface area contributed by atoms with Gasteiger partial charge in [-0.05, 0) is 44.1 Å². The summed E-state index contributed by atoms with van der Waals surface area (Å²) in [6.07, 6.45) is 4.90. The second kappa shape index (κ2) is 7.38. The molecule has 5 nitrogen and oxygen atoms in total. The lowest BCUT2D eigenvalue weighted by atomic mass is 9.97. The zero-order valence-electron chi connectivity index (χ0n) is 14.5. The zero-order valence-corrected chi connectivity index (χ0v) is 15.4. The van der Waals surface area contributed by atoms with Gasteiger partial charge in [-0.2, -0.15) is 0 Å². The highest BCUT2D eigenvalue weighted by Gasteiger charge is 2.29. The summed E-state index contributed by atoms with van der Waals surface area (Å²) in [5, 5.41) is 9.30. The third-order valence-corrected chi connectivity index (χ3v) is 5.88. The first-order chi connectivity index (χ1) is 11.6. The van der Waals surface area contributed by atoms with Crippen LogP contribution < -0.4 is 5.32 Å². The molecule has 1 saturated carbocycles. The summed E-state index contributed by atoms with van der Waals surface area (Å²) in [5.74, 6) is 1.32. The Labute approximate surface area is 147 Å². The molecule has 0 spiro atoms. The van der Waals surface area contributed by atoms with E-state index in [1.807, 2.05) is 20.9 Å². The van der Waals surface area contributed by atoms with Crippen LogP contribution in [-0.2, 0) is 6.54 Å². The van der Waals surface area contributed by atoms with Gasteiger partial charge >= 0.3 is 6.03 Å². The molecule has 2 heterocycles. The lowest BCUT2D eigenvalue weighted by Gasteiger charge is -2.27. The SMILES string of the molecule is Cc1noc(C)c1CN(C)C(=O)N[C@@H](c1cccs1)C1CCCC1. The van der Waals surface area contributed by atoms with E-state index in [9.17, 15) is 4.79 Å². The first kappa shape index (κ1) is 17.0. The fraction of sp³-hybridized carbons (Fsp3) is 0.556. The quantitative estimate of drug-likeness (QED) is 0.870. The summed E-state index contributed by atoms with van der Waals surface area (Å²) in [6, 6.07) is 4.26. The van der Waals surface area contributed by atoms with Crippen molar-refractivity contribution in [1.82, 2.24) is 15.4 Å². The minimum Gasteiger partial charge on any atom is -0.361 e. The molecule has 2 aromatic rings. The lowest BCUT2D eigenvalue weighted by Crippen LogP contribution is -2.41. The van der Waals surface area contributed by atoms with Gasteiger partial charge in [0.1, 0.15) is 5.76 Å². The molecule has 2 aromatic heterocycles. The second-order valence-electron chi connectivity index (χ2n) is 6.65. The summed E-state index contributed by atoms with van der Waals surface area (Å²) in [7, 11) is 1.82. The van der Waals surface area contributed by atoms with Gasteiger partial charge < -0.3 is 14.7 Å². The van der Waals surface area contributed by atoms with Crippen molar-refractivity contribution < 1.29 is 9.32 Å². The van der Waals surface area contributed by atoms with E-state index in [1.165, 1.54) is 30.6 Å². The third kappa shape index (κ3) is 3.64. The average molecular weight is 347 g/mol. The number of hydrogen-bond acceptors (Lipinski definition) is 4. The maximum absolute atomic E-state index is 12.7. The van der Waals surface area contributed by atoms with Crippen molar-refractivity contribution in [2.24, 2.45) is 5.92 Å². The van der Waals surface area contributed by atoms with E-state index in [1.54, 1.807) is 16.2 Å². The second-order valence-corrected chi connectivity index (χ2v) is 7.63. The van der Waals surface area contributed by atoms with E-state index in [-0.39, 0.29) is 12.1 Å². The average Bonchev–Trinajstić information content (AvgIpc) is 3.31. The normalized spacial score (nSPS) is 16.3. The molecule has 6 heteroatoms. The number of nitrogens with zero attached hydrogens (tertiary/aromatic N) is 2. The maximum atomic E-state index is 12.7. The van der Waals surface area contributed by atoms with Gasteiger partial charge in [0.05, 0.1) is 18.3 Å². The van der Waals surface area contributed by atoms with Crippen LogP contribution in [0.15, 0.2) is 22.0 Å². The van der Waals surface area contributed by atoms with Crippen molar-refractivity contribution in [3.05, 3.63) is 39.4 Å². The molecule has 0 saturated heterocycles. The summed E-state index contributed by atoms with van der Waals surface area (Å²) >= 11 is 1.72. The van der Waals surface area contributed by atoms with E-state index in [0.717, 1.165) is 17.0 Å². The third-order valence-electron chi connectivity index (χ3n) is 4.92. The number of nitrogens with one attached hydrogen (secondary N) is 1. The van der Waals surface area contributed by atoms with Gasteiger partial charge in [0.2, 0.25) is 0 Å². The topological polar surface area (TPSA) is 58.4 Å². The van der Waals surface area contributed by atoms with E-state index >= 15 is 0 Å². The molecule has 0 aliphatic heterocycles. The highest BCUT2D eigenvalue weighted by Crippen LogP contribution is 2.37. The molecule has 1 aliphatic rings. The van der Waals surface area contributed by atoms with Crippen molar-refractivity contribution in [3.8, 4) is 0 Å². The highest BCUT2D eigenvalue weighted by molar-refractivity contribution is 7.10. The smallest absolute Gasteiger partial charge is 0.317 e. The molecule has 1 N–H and O–H groups in total. The Balaban J connectivity index is 1.68. The molecule has 1 aliphatic carbocycles. The Morgan fingerprint density at radius 2 is 2.21 bits per heavy atom. The van der Waals surface area contributed by atoms with Crippen LogP contribution in [0.1, 0.15) is 53.6 Å². The Hall–Kier alpha value is -1.82. The molecular formula is C18H25N3O2S. The van der Waals surface area contributed by atoms with Crippen molar-refractivity contribution in [3.63, 3.8) is 0 Å². The molecule has 3 rings (SSSR count). The molecule has 1 atom stereocenters. The summed E-state index contributed by atoms with van der Waals surface area (Å²) in [6.45, 7) is 4.30. The van der Waals surface area contributed by atoms with Gasteiger partial charge in [-0.3, -0.25) is 0 Å². The van der Waals surface area contributed by atoms with Crippen LogP contribution in [0.2, 0.25) is 0 Å². The minimum atomic E-state index is -0.0414. The fourth-order valence-electron chi connectivity index (χ4n) is 3.46. The molecule has 0 unspecified atom stereocenters. The van der Waals surface area contributed by atoms with E-state index in [2.05, 4.69) is 28.0 Å². The van der Waals surface area contributed by atoms with E-state index < -0.39 is 0 Å². The van der Waals surface area contributed by atoms with Crippen molar-refractivity contribution in [1.29, 1.82) is 0 Å². The first-order valence-corrected chi connectivity index (χ1v) is 9.41. The predicted molar refractivity (Wildman–Crippen MR) is 95.0 cm³/mol. The van der Waals surface area contributed by atoms with Gasteiger partial charge in [0.25, 0.3) is 0 Å². The summed E-state index contributed by atoms with van der Waals surface area (Å²) in [5.41, 5.74) is 1.83. The lowest BCUT2D eigenvalue weighted by molar-refractivity contribution is 0.197. The van der Waals surface area contributed by atoms with Crippen LogP contribution >= 0.6 is 11.3 Å². The molecule has 1 fully saturated rings. The van der Waals surface area contributed by atoms with Crippen LogP contribution in [0.25, 0.3) is 0 Å². The summed E-state index contributed by atoms with van der Waals surface area (Å²) in [4.78, 5) is 15.7. The van der Waals surface area contributed by atoms with Crippen LogP contribution in [-0.4, -0.2) is 23.1 Å². The van der Waals surface area contributed by atoms with Crippen molar-refractivity contribution in [2.75, 3.05) is 7.05 Å². The number of rotatable bonds is 5. The Morgan fingerprint density at radius 1 is 1.46 bits per heavy atom. The van der Waals surface area contributed by atoms with Crippen molar-refractivity contribution in [2.45, 2.75) is 52.1 Å². The Kier molecular flexibility index (Phi) is 5.23. The molecule has 0 aromatic carbocycles. The van der Waals surface area contributed by atoms with Gasteiger partial charge in [-0.15, -0.1) is 11.3 Å². The molecule has 0 bridgehead atoms. The van der Waals surface area contributed by atoms with Gasteiger partial charge in [-0.1, -0.05) is 24.1 Å². The molecule has 0 radical (unpaired) electrons. The van der Waals surface area contributed by atoms with Crippen LogP contribution in [0, 0.1) is 19.8 Å². The monoisotopic (exact) mass is 347 g/mol. The van der Waals surface area contributed by atoms with Crippen molar-refractivity contribution >= 4 is 17.4 Å². The number of urea groups is 1. The molecule has 2 amide bonds. The highest BCUT2D eigenvalue weighted by atomic mass is 32.1. The number of thiophene rings is 1. The van der Waals surface area contributed by atoms with Gasteiger partial charge in [0, 0.05) is 17.5 Å². The molecule has 24 heavy (non-hydrogen) atoms. The number of hydrogen-bond donors (Lipinski definition) is 1. The molecule has 130 valence electrons. The Bertz CT molecular complexity index is 655. The number of carbonyl (C=O) groups excluding carboxylic acids is 1. The van der Waals surface area contributed by atoms with Gasteiger partial charge in [0.15, 0.2) is 0 Å². The van der Waals surface area contributed by atoms with Gasteiger partial charge in [-0.25, -0.2) is 4.79 Å².